The summed E-state index contributed by atoms with van der Waals surface area (Å²) in [6.45, 7) is 6.19. The van der Waals surface area contributed by atoms with E-state index in [-0.39, 0.29) is 5.91 Å². The average Bonchev–Trinajstić information content (AvgIpc) is 2.64. The lowest BCUT2D eigenvalue weighted by Crippen LogP contribution is -2.21. The fraction of sp³-hybridized carbons (Fsp3) is 0.300. The maximum atomic E-state index is 12.0. The summed E-state index contributed by atoms with van der Waals surface area (Å²) in [5.74, 6) is 1.15. The lowest BCUT2D eigenvalue weighted by Gasteiger charge is -2.21. The first-order chi connectivity index (χ1) is 12.2. The van der Waals surface area contributed by atoms with Gasteiger partial charge in [0.05, 0.1) is 17.4 Å². The summed E-state index contributed by atoms with van der Waals surface area (Å²) < 4.78 is 0. The van der Waals surface area contributed by atoms with Crippen LogP contribution in [0.15, 0.2) is 48.5 Å². The molecule has 4 nitrogen and oxygen atoms in total. The van der Waals surface area contributed by atoms with Crippen LogP contribution in [-0.2, 0) is 10.5 Å². The second-order valence-electron chi connectivity index (χ2n) is 5.57. The topological polar surface area (TPSA) is 56.1 Å². The molecule has 0 atom stereocenters. The highest BCUT2D eigenvalue weighted by molar-refractivity contribution is 7.99. The number of nitrogens with one attached hydrogen (secondary N) is 1. The van der Waals surface area contributed by atoms with Gasteiger partial charge in [0.25, 0.3) is 0 Å². The van der Waals surface area contributed by atoms with Gasteiger partial charge in [-0.25, -0.2) is 0 Å². The summed E-state index contributed by atoms with van der Waals surface area (Å²) >= 11 is 1.56. The molecule has 2 rings (SSSR count). The minimum atomic E-state index is -0.00534. The SMILES string of the molecule is CCN(CC)c1ccc(NC(=O)CSCc2ccc(C#N)cc2)cc1. The molecule has 25 heavy (non-hydrogen) atoms. The molecule has 0 aliphatic heterocycles. The molecule has 2 aromatic carbocycles. The summed E-state index contributed by atoms with van der Waals surface area (Å²) in [5, 5.41) is 11.7. The highest BCUT2D eigenvalue weighted by Gasteiger charge is 2.05. The summed E-state index contributed by atoms with van der Waals surface area (Å²) in [4.78, 5) is 14.3. The number of thioether (sulfide) groups is 1. The van der Waals surface area contributed by atoms with Crippen molar-refractivity contribution in [3.8, 4) is 6.07 Å². The second kappa shape index (κ2) is 9.75. The molecule has 130 valence electrons. The number of nitrogens with zero attached hydrogens (tertiary/aromatic N) is 2. The molecule has 0 unspecified atom stereocenters. The monoisotopic (exact) mass is 353 g/mol. The Kier molecular flexibility index (Phi) is 7.36. The Morgan fingerprint density at radius 3 is 2.28 bits per heavy atom. The highest BCUT2D eigenvalue weighted by Crippen LogP contribution is 2.18. The summed E-state index contributed by atoms with van der Waals surface area (Å²) in [6, 6.07) is 17.5. The number of hydrogen-bond donors (Lipinski definition) is 1. The predicted molar refractivity (Wildman–Crippen MR) is 106 cm³/mol. The van der Waals surface area contributed by atoms with E-state index in [1.54, 1.807) is 23.9 Å². The minimum absolute atomic E-state index is 0.00534. The third-order valence-electron chi connectivity index (χ3n) is 3.86. The largest absolute Gasteiger partial charge is 0.372 e. The maximum absolute atomic E-state index is 12.0. The van der Waals surface area contributed by atoms with Crippen LogP contribution in [0.1, 0.15) is 25.0 Å². The Bertz CT molecular complexity index is 716. The summed E-state index contributed by atoms with van der Waals surface area (Å²) in [5.41, 5.74) is 3.75. The minimum Gasteiger partial charge on any atom is -0.372 e. The number of amides is 1. The third-order valence-corrected chi connectivity index (χ3v) is 4.87. The molecule has 0 radical (unpaired) electrons. The van der Waals surface area contributed by atoms with Crippen molar-refractivity contribution in [2.45, 2.75) is 19.6 Å². The maximum Gasteiger partial charge on any atom is 0.234 e. The number of rotatable bonds is 8. The van der Waals surface area contributed by atoms with E-state index in [4.69, 9.17) is 5.26 Å². The molecule has 0 saturated carbocycles. The van der Waals surface area contributed by atoms with Gasteiger partial charge in [0.2, 0.25) is 5.91 Å². The van der Waals surface area contributed by atoms with Crippen LogP contribution < -0.4 is 10.2 Å². The second-order valence-corrected chi connectivity index (χ2v) is 6.55. The first-order valence-electron chi connectivity index (χ1n) is 8.38. The molecule has 0 fully saturated rings. The van der Waals surface area contributed by atoms with Crippen LogP contribution >= 0.6 is 11.8 Å². The van der Waals surface area contributed by atoms with Crippen molar-refractivity contribution in [3.63, 3.8) is 0 Å². The molecule has 1 amide bonds. The van der Waals surface area contributed by atoms with Gasteiger partial charge >= 0.3 is 0 Å². The van der Waals surface area contributed by atoms with Gasteiger partial charge < -0.3 is 10.2 Å². The smallest absolute Gasteiger partial charge is 0.234 e. The fourth-order valence-corrected chi connectivity index (χ4v) is 3.27. The molecule has 0 spiro atoms. The molecular formula is C20H23N3OS. The zero-order valence-corrected chi connectivity index (χ0v) is 15.5. The lowest BCUT2D eigenvalue weighted by atomic mass is 10.2. The van der Waals surface area contributed by atoms with Gasteiger partial charge in [-0.1, -0.05) is 12.1 Å². The first-order valence-corrected chi connectivity index (χ1v) is 9.53. The third kappa shape index (κ3) is 5.84. The Balaban J connectivity index is 1.78. The van der Waals surface area contributed by atoms with Crippen molar-refractivity contribution in [3.05, 3.63) is 59.7 Å². The van der Waals surface area contributed by atoms with Gasteiger partial charge in [-0.2, -0.15) is 5.26 Å². The molecule has 5 heteroatoms. The van der Waals surface area contributed by atoms with Gasteiger partial charge in [0.1, 0.15) is 0 Å². The van der Waals surface area contributed by atoms with Crippen LogP contribution in [0.3, 0.4) is 0 Å². The molecule has 0 heterocycles. The van der Waals surface area contributed by atoms with E-state index in [2.05, 4.69) is 30.1 Å². The van der Waals surface area contributed by atoms with Crippen molar-refractivity contribution in [1.29, 1.82) is 5.26 Å². The lowest BCUT2D eigenvalue weighted by molar-refractivity contribution is -0.113. The average molecular weight is 353 g/mol. The van der Waals surface area contributed by atoms with Crippen LogP contribution in [0.5, 0.6) is 0 Å². The molecule has 0 saturated heterocycles. The van der Waals surface area contributed by atoms with E-state index in [0.717, 1.165) is 35.8 Å². The fourth-order valence-electron chi connectivity index (χ4n) is 2.48. The number of benzene rings is 2. The summed E-state index contributed by atoms with van der Waals surface area (Å²) in [6.07, 6.45) is 0. The molecule has 0 aromatic heterocycles. The first kappa shape index (κ1) is 18.9. The molecule has 0 aliphatic carbocycles. The molecule has 2 aromatic rings. The Morgan fingerprint density at radius 1 is 1.08 bits per heavy atom. The number of carbonyl (C=O) groups is 1. The van der Waals surface area contributed by atoms with Crippen LogP contribution in [0.4, 0.5) is 11.4 Å². The van der Waals surface area contributed by atoms with E-state index in [0.29, 0.717) is 11.3 Å². The molecule has 1 N–H and O–H groups in total. The van der Waals surface area contributed by atoms with Crippen molar-refractivity contribution in [2.24, 2.45) is 0 Å². The zero-order valence-electron chi connectivity index (χ0n) is 14.7. The number of anilines is 2. The van der Waals surface area contributed by atoms with E-state index in [1.165, 1.54) is 0 Å². The Morgan fingerprint density at radius 2 is 1.72 bits per heavy atom. The van der Waals surface area contributed by atoms with Gasteiger partial charge in [-0.15, -0.1) is 11.8 Å². The van der Waals surface area contributed by atoms with Crippen LogP contribution in [0.25, 0.3) is 0 Å². The van der Waals surface area contributed by atoms with Gasteiger partial charge in [0, 0.05) is 30.2 Å². The quantitative estimate of drug-likeness (QED) is 0.770. The normalized spacial score (nSPS) is 10.1. The zero-order chi connectivity index (χ0) is 18.1. The van der Waals surface area contributed by atoms with Crippen molar-refractivity contribution >= 4 is 29.0 Å². The van der Waals surface area contributed by atoms with Crippen molar-refractivity contribution < 1.29 is 4.79 Å². The number of carbonyl (C=O) groups excluding carboxylic acids is 1. The standard InChI is InChI=1S/C20H23N3OS/c1-3-23(4-2)19-11-9-18(10-12-19)22-20(24)15-25-14-17-7-5-16(13-21)6-8-17/h5-12H,3-4,14-15H2,1-2H3,(H,22,24). The van der Waals surface area contributed by atoms with E-state index in [1.807, 2.05) is 36.4 Å². The predicted octanol–water partition coefficient (Wildman–Crippen LogP) is 4.28. The molecular weight excluding hydrogens is 330 g/mol. The summed E-state index contributed by atoms with van der Waals surface area (Å²) in [7, 11) is 0. The van der Waals surface area contributed by atoms with Gasteiger partial charge in [-0.05, 0) is 55.8 Å². The van der Waals surface area contributed by atoms with E-state index >= 15 is 0 Å². The Labute approximate surface area is 153 Å². The van der Waals surface area contributed by atoms with Crippen LogP contribution in [0.2, 0.25) is 0 Å². The van der Waals surface area contributed by atoms with E-state index in [9.17, 15) is 4.79 Å². The van der Waals surface area contributed by atoms with Gasteiger partial charge in [-0.3, -0.25) is 4.79 Å². The molecule has 0 aliphatic rings. The Hall–Kier alpha value is -2.45. The van der Waals surface area contributed by atoms with E-state index < -0.39 is 0 Å². The number of hydrogen-bond acceptors (Lipinski definition) is 4. The number of nitriles is 1. The van der Waals surface area contributed by atoms with Crippen molar-refractivity contribution in [2.75, 3.05) is 29.1 Å². The van der Waals surface area contributed by atoms with Crippen LogP contribution in [-0.4, -0.2) is 24.7 Å². The molecule has 0 bridgehead atoms. The van der Waals surface area contributed by atoms with Crippen molar-refractivity contribution in [1.82, 2.24) is 0 Å². The van der Waals surface area contributed by atoms with Gasteiger partial charge in [0.15, 0.2) is 0 Å². The van der Waals surface area contributed by atoms with Crippen LogP contribution in [0, 0.1) is 11.3 Å². The highest BCUT2D eigenvalue weighted by atomic mass is 32.2.